The maximum absolute atomic E-state index is 5.95. The van der Waals surface area contributed by atoms with E-state index in [0.717, 1.165) is 67.8 Å². The maximum atomic E-state index is 5.95. The molecule has 2 heterocycles. The van der Waals surface area contributed by atoms with Crippen molar-refractivity contribution >= 4 is 17.3 Å². The summed E-state index contributed by atoms with van der Waals surface area (Å²) in [6.07, 6.45) is 3.36. The second kappa shape index (κ2) is 11.1. The van der Waals surface area contributed by atoms with Gasteiger partial charge in [-0.05, 0) is 19.3 Å². The fraction of sp³-hybridized carbons (Fsp3) is 0.524. The average Bonchev–Trinajstić information content (AvgIpc) is 3.22. The van der Waals surface area contributed by atoms with Crippen LogP contribution in [0.4, 0.5) is 0 Å². The van der Waals surface area contributed by atoms with E-state index in [1.54, 1.807) is 18.4 Å². The van der Waals surface area contributed by atoms with E-state index in [0.29, 0.717) is 12.6 Å². The first-order chi connectivity index (χ1) is 13.8. The highest BCUT2D eigenvalue weighted by atomic mass is 32.1. The molecular weight excluding hydrogens is 372 g/mol. The van der Waals surface area contributed by atoms with Crippen LogP contribution >= 0.6 is 11.3 Å². The molecule has 0 atom stereocenters. The summed E-state index contributed by atoms with van der Waals surface area (Å²) in [6, 6.07) is 10.3. The lowest BCUT2D eigenvalue weighted by Crippen LogP contribution is -2.46. The zero-order chi connectivity index (χ0) is 19.6. The number of hydrogen-bond donors (Lipinski definition) is 1. The number of methoxy groups -OCH3 is 1. The Kier molecular flexibility index (Phi) is 8.26. The summed E-state index contributed by atoms with van der Waals surface area (Å²) in [6.45, 7) is 4.14. The van der Waals surface area contributed by atoms with Crippen molar-refractivity contribution in [2.45, 2.75) is 31.9 Å². The second-order valence-corrected chi connectivity index (χ2v) is 7.67. The number of benzene rings is 1. The molecule has 1 aliphatic heterocycles. The molecule has 1 fully saturated rings. The molecular formula is C21H30N4O2S. The summed E-state index contributed by atoms with van der Waals surface area (Å²) in [7, 11) is 3.57. The van der Waals surface area contributed by atoms with Gasteiger partial charge in [-0.2, -0.15) is 0 Å². The molecule has 3 rings (SSSR count). The van der Waals surface area contributed by atoms with Gasteiger partial charge in [0.1, 0.15) is 5.01 Å². The Morgan fingerprint density at radius 1 is 1.25 bits per heavy atom. The predicted octanol–water partition coefficient (Wildman–Crippen LogP) is 3.40. The number of piperidine rings is 1. The van der Waals surface area contributed by atoms with Crippen LogP contribution in [-0.2, 0) is 16.0 Å². The molecule has 0 bridgehead atoms. The van der Waals surface area contributed by atoms with Crippen LogP contribution in [0, 0.1) is 0 Å². The molecule has 0 spiro atoms. The summed E-state index contributed by atoms with van der Waals surface area (Å²) in [5.74, 6) is 0.937. The van der Waals surface area contributed by atoms with Crippen LogP contribution in [0.3, 0.4) is 0 Å². The predicted molar refractivity (Wildman–Crippen MR) is 115 cm³/mol. The number of nitrogens with one attached hydrogen (secondary N) is 1. The van der Waals surface area contributed by atoms with Crippen LogP contribution in [0.15, 0.2) is 40.7 Å². The molecule has 1 N–H and O–H groups in total. The molecule has 1 saturated heterocycles. The largest absolute Gasteiger partial charge is 0.385 e. The van der Waals surface area contributed by atoms with Gasteiger partial charge in [0.05, 0.1) is 18.3 Å². The molecule has 0 radical (unpaired) electrons. The third-order valence-electron chi connectivity index (χ3n) is 4.80. The number of likely N-dealkylation sites (tertiary alicyclic amines) is 1. The lowest BCUT2D eigenvalue weighted by Gasteiger charge is -2.34. The van der Waals surface area contributed by atoms with E-state index < -0.39 is 0 Å². The summed E-state index contributed by atoms with van der Waals surface area (Å²) in [5.41, 5.74) is 2.21. The number of nitrogens with zero attached hydrogens (tertiary/aromatic N) is 3. The van der Waals surface area contributed by atoms with Crippen molar-refractivity contribution in [3.8, 4) is 10.6 Å². The summed E-state index contributed by atoms with van der Waals surface area (Å²) in [5, 5.41) is 6.63. The first kappa shape index (κ1) is 20.8. The fourth-order valence-corrected chi connectivity index (χ4v) is 4.12. The SMILES string of the molecule is CN=C(NCc1csc(-c2ccccc2)n1)N1CCC(OCCCOC)CC1. The van der Waals surface area contributed by atoms with Crippen LogP contribution in [0.5, 0.6) is 0 Å². The number of hydrogen-bond acceptors (Lipinski definition) is 5. The van der Waals surface area contributed by atoms with Crippen LogP contribution < -0.4 is 5.32 Å². The minimum absolute atomic E-state index is 0.346. The van der Waals surface area contributed by atoms with Crippen LogP contribution in [0.1, 0.15) is 25.0 Å². The lowest BCUT2D eigenvalue weighted by atomic mass is 10.1. The molecule has 28 heavy (non-hydrogen) atoms. The van der Waals surface area contributed by atoms with Gasteiger partial charge >= 0.3 is 0 Å². The lowest BCUT2D eigenvalue weighted by molar-refractivity contribution is 0.00989. The third kappa shape index (κ3) is 6.02. The van der Waals surface area contributed by atoms with Crippen molar-refractivity contribution < 1.29 is 9.47 Å². The number of aromatic nitrogens is 1. The van der Waals surface area contributed by atoms with Crippen LogP contribution in [0.25, 0.3) is 10.6 Å². The van der Waals surface area contributed by atoms with E-state index in [2.05, 4.69) is 32.7 Å². The highest BCUT2D eigenvalue weighted by Crippen LogP contribution is 2.23. The van der Waals surface area contributed by atoms with E-state index >= 15 is 0 Å². The van der Waals surface area contributed by atoms with Crippen molar-refractivity contribution in [1.29, 1.82) is 0 Å². The number of thiazole rings is 1. The summed E-state index contributed by atoms with van der Waals surface area (Å²) in [4.78, 5) is 11.5. The Labute approximate surface area is 171 Å². The number of rotatable bonds is 8. The summed E-state index contributed by atoms with van der Waals surface area (Å²) < 4.78 is 11.0. The molecule has 0 unspecified atom stereocenters. The number of aliphatic imine (C=N–C) groups is 1. The molecule has 1 aromatic carbocycles. The zero-order valence-electron chi connectivity index (χ0n) is 16.8. The first-order valence-corrected chi connectivity index (χ1v) is 10.7. The van der Waals surface area contributed by atoms with Crippen molar-refractivity contribution in [3.63, 3.8) is 0 Å². The standard InChI is InChI=1S/C21H30N4O2S/c1-22-21(25-11-9-19(10-12-25)27-14-6-13-26-2)23-15-18-16-28-20(24-18)17-7-4-3-5-8-17/h3-5,7-8,16,19H,6,9-15H2,1-2H3,(H,22,23). The Morgan fingerprint density at radius 2 is 2.04 bits per heavy atom. The fourth-order valence-electron chi connectivity index (χ4n) is 3.29. The topological polar surface area (TPSA) is 59.0 Å². The molecule has 0 amide bonds. The first-order valence-electron chi connectivity index (χ1n) is 9.86. The van der Waals surface area contributed by atoms with Gasteiger partial charge in [-0.15, -0.1) is 11.3 Å². The zero-order valence-corrected chi connectivity index (χ0v) is 17.6. The molecule has 0 aliphatic carbocycles. The summed E-state index contributed by atoms with van der Waals surface area (Å²) >= 11 is 1.68. The smallest absolute Gasteiger partial charge is 0.193 e. The van der Waals surface area contributed by atoms with Crippen molar-refractivity contribution in [2.24, 2.45) is 4.99 Å². The Morgan fingerprint density at radius 3 is 2.75 bits per heavy atom. The van der Waals surface area contributed by atoms with Crippen LogP contribution in [-0.4, -0.2) is 62.4 Å². The van der Waals surface area contributed by atoms with E-state index in [4.69, 9.17) is 14.5 Å². The molecule has 7 heteroatoms. The van der Waals surface area contributed by atoms with Gasteiger partial charge in [0.25, 0.3) is 0 Å². The van der Waals surface area contributed by atoms with Gasteiger partial charge in [0.2, 0.25) is 0 Å². The van der Waals surface area contributed by atoms with Crippen LogP contribution in [0.2, 0.25) is 0 Å². The monoisotopic (exact) mass is 402 g/mol. The van der Waals surface area contributed by atoms with Gasteiger partial charge in [-0.1, -0.05) is 30.3 Å². The highest BCUT2D eigenvalue weighted by Gasteiger charge is 2.21. The normalized spacial score (nSPS) is 15.8. The van der Waals surface area contributed by atoms with E-state index in [1.807, 2.05) is 25.2 Å². The van der Waals surface area contributed by atoms with Gasteiger partial charge in [0, 0.05) is 51.4 Å². The number of guanidine groups is 1. The van der Waals surface area contributed by atoms with E-state index in [1.165, 1.54) is 0 Å². The van der Waals surface area contributed by atoms with Gasteiger partial charge < -0.3 is 19.7 Å². The molecule has 2 aromatic rings. The minimum Gasteiger partial charge on any atom is -0.385 e. The van der Waals surface area contributed by atoms with E-state index in [-0.39, 0.29) is 0 Å². The van der Waals surface area contributed by atoms with Crippen molar-refractivity contribution in [2.75, 3.05) is 40.5 Å². The van der Waals surface area contributed by atoms with Crippen molar-refractivity contribution in [1.82, 2.24) is 15.2 Å². The molecule has 0 saturated carbocycles. The van der Waals surface area contributed by atoms with Gasteiger partial charge in [-0.25, -0.2) is 4.98 Å². The Hall–Kier alpha value is -1.96. The molecule has 1 aromatic heterocycles. The number of ether oxygens (including phenoxy) is 2. The van der Waals surface area contributed by atoms with Gasteiger partial charge in [0.15, 0.2) is 5.96 Å². The van der Waals surface area contributed by atoms with Crippen molar-refractivity contribution in [3.05, 3.63) is 41.4 Å². The third-order valence-corrected chi connectivity index (χ3v) is 5.74. The maximum Gasteiger partial charge on any atom is 0.193 e. The molecule has 152 valence electrons. The highest BCUT2D eigenvalue weighted by molar-refractivity contribution is 7.13. The van der Waals surface area contributed by atoms with E-state index in [9.17, 15) is 0 Å². The Bertz CT molecular complexity index is 727. The minimum atomic E-state index is 0.346. The van der Waals surface area contributed by atoms with Gasteiger partial charge in [-0.3, -0.25) is 4.99 Å². The Balaban J connectivity index is 1.44. The quantitative estimate of drug-likeness (QED) is 0.417. The average molecular weight is 403 g/mol. The second-order valence-electron chi connectivity index (χ2n) is 6.81. The molecule has 1 aliphatic rings. The molecule has 6 nitrogen and oxygen atoms in total.